The molecule has 2 rings (SSSR count). The van der Waals surface area contributed by atoms with Crippen molar-refractivity contribution in [3.05, 3.63) is 35.9 Å². The van der Waals surface area contributed by atoms with Crippen LogP contribution < -0.4 is 0 Å². The summed E-state index contributed by atoms with van der Waals surface area (Å²) in [6.45, 7) is 0.915. The number of sulfone groups is 1. The molecule has 0 spiro atoms. The predicted molar refractivity (Wildman–Crippen MR) is 74.6 cm³/mol. The third kappa shape index (κ3) is 3.80. The maximum atomic E-state index is 12.0. The normalized spacial score (nSPS) is 19.6. The fraction of sp³-hybridized carbons (Fsp3) is 0.500. The van der Waals surface area contributed by atoms with E-state index in [1.54, 1.807) is 4.90 Å². The molecule has 1 aliphatic rings. The van der Waals surface area contributed by atoms with Crippen LogP contribution in [-0.4, -0.2) is 43.8 Å². The molecular weight excluding hydrogens is 262 g/mol. The van der Waals surface area contributed by atoms with Gasteiger partial charge < -0.3 is 4.90 Å². The van der Waals surface area contributed by atoms with Crippen molar-refractivity contribution in [1.29, 1.82) is 0 Å². The lowest BCUT2D eigenvalue weighted by atomic mass is 10.1. The minimum absolute atomic E-state index is 0.0509. The molecule has 1 aromatic rings. The van der Waals surface area contributed by atoms with Gasteiger partial charge in [0.1, 0.15) is 0 Å². The van der Waals surface area contributed by atoms with E-state index in [-0.39, 0.29) is 11.2 Å². The highest BCUT2D eigenvalue weighted by Crippen LogP contribution is 2.17. The summed E-state index contributed by atoms with van der Waals surface area (Å²) in [6, 6.07) is 9.85. The molecule has 0 N–H and O–H groups in total. The number of likely N-dealkylation sites (tertiary alicyclic amines) is 1. The van der Waals surface area contributed by atoms with Crippen molar-refractivity contribution in [2.45, 2.75) is 24.5 Å². The van der Waals surface area contributed by atoms with Crippen LogP contribution in [0.5, 0.6) is 0 Å². The van der Waals surface area contributed by atoms with E-state index in [9.17, 15) is 13.2 Å². The molecule has 0 unspecified atom stereocenters. The Morgan fingerprint density at radius 2 is 2.00 bits per heavy atom. The van der Waals surface area contributed by atoms with Gasteiger partial charge in [-0.3, -0.25) is 4.79 Å². The van der Waals surface area contributed by atoms with E-state index in [1.807, 2.05) is 30.3 Å². The summed E-state index contributed by atoms with van der Waals surface area (Å²) in [5.74, 6) is 0.0509. The van der Waals surface area contributed by atoms with E-state index in [4.69, 9.17) is 0 Å². The number of hydrogen-bond donors (Lipinski definition) is 0. The van der Waals surface area contributed by atoms with Crippen LogP contribution in [0.2, 0.25) is 0 Å². The van der Waals surface area contributed by atoms with Gasteiger partial charge in [-0.05, 0) is 18.4 Å². The van der Waals surface area contributed by atoms with Gasteiger partial charge in [0.25, 0.3) is 0 Å². The summed E-state index contributed by atoms with van der Waals surface area (Å²) in [6.07, 6.45) is 2.96. The summed E-state index contributed by atoms with van der Waals surface area (Å²) in [5.41, 5.74) is 1.13. The standard InChI is InChI=1S/C14H19NO3S/c1-19(17,18)13-9-10-15(11-13)14(16)8-7-12-5-3-2-4-6-12/h2-6,13H,7-11H2,1H3/t13-/m1/s1. The van der Waals surface area contributed by atoms with Crippen LogP contribution in [0.3, 0.4) is 0 Å². The molecule has 19 heavy (non-hydrogen) atoms. The van der Waals surface area contributed by atoms with Crippen molar-refractivity contribution in [3.63, 3.8) is 0 Å². The summed E-state index contributed by atoms with van der Waals surface area (Å²) < 4.78 is 22.9. The van der Waals surface area contributed by atoms with Crippen molar-refractivity contribution < 1.29 is 13.2 Å². The molecule has 1 heterocycles. The minimum atomic E-state index is -3.03. The Labute approximate surface area is 114 Å². The van der Waals surface area contributed by atoms with E-state index >= 15 is 0 Å². The summed E-state index contributed by atoms with van der Waals surface area (Å²) in [7, 11) is -3.03. The fourth-order valence-corrected chi connectivity index (χ4v) is 3.34. The zero-order valence-corrected chi connectivity index (χ0v) is 11.9. The molecule has 1 aliphatic heterocycles. The first kappa shape index (κ1) is 14.1. The molecule has 0 saturated carbocycles. The fourth-order valence-electron chi connectivity index (χ4n) is 2.36. The number of carbonyl (C=O) groups is 1. The van der Waals surface area contributed by atoms with Crippen LogP contribution >= 0.6 is 0 Å². The lowest BCUT2D eigenvalue weighted by Gasteiger charge is -2.16. The Morgan fingerprint density at radius 1 is 1.32 bits per heavy atom. The van der Waals surface area contributed by atoms with Gasteiger partial charge in [-0.2, -0.15) is 0 Å². The zero-order valence-electron chi connectivity index (χ0n) is 11.1. The second kappa shape index (κ2) is 5.74. The van der Waals surface area contributed by atoms with E-state index < -0.39 is 9.84 Å². The monoisotopic (exact) mass is 281 g/mol. The molecule has 1 fully saturated rings. The Balaban J connectivity index is 1.85. The molecule has 0 radical (unpaired) electrons. The van der Waals surface area contributed by atoms with E-state index in [1.165, 1.54) is 6.26 Å². The number of hydrogen-bond acceptors (Lipinski definition) is 3. The van der Waals surface area contributed by atoms with E-state index in [0.717, 1.165) is 5.56 Å². The zero-order chi connectivity index (χ0) is 13.9. The van der Waals surface area contributed by atoms with Crippen LogP contribution in [0, 0.1) is 0 Å². The Kier molecular flexibility index (Phi) is 4.24. The summed E-state index contributed by atoms with van der Waals surface area (Å²) >= 11 is 0. The van der Waals surface area contributed by atoms with E-state index in [0.29, 0.717) is 32.4 Å². The smallest absolute Gasteiger partial charge is 0.222 e. The first-order chi connectivity index (χ1) is 8.97. The second-order valence-electron chi connectivity index (χ2n) is 5.07. The average Bonchev–Trinajstić information content (AvgIpc) is 2.87. The maximum Gasteiger partial charge on any atom is 0.222 e. The summed E-state index contributed by atoms with van der Waals surface area (Å²) in [4.78, 5) is 13.7. The number of benzene rings is 1. The molecular formula is C14H19NO3S. The van der Waals surface area contributed by atoms with E-state index in [2.05, 4.69) is 0 Å². The second-order valence-corrected chi connectivity index (χ2v) is 7.39. The number of amides is 1. The molecule has 1 amide bonds. The minimum Gasteiger partial charge on any atom is -0.341 e. The SMILES string of the molecule is CS(=O)(=O)[C@@H]1CCN(C(=O)CCc2ccccc2)C1. The molecule has 4 nitrogen and oxygen atoms in total. The van der Waals surface area contributed by atoms with Gasteiger partial charge >= 0.3 is 0 Å². The first-order valence-corrected chi connectivity index (χ1v) is 8.43. The molecule has 0 aliphatic carbocycles. The van der Waals surface area contributed by atoms with Crippen molar-refractivity contribution >= 4 is 15.7 Å². The Bertz CT molecular complexity index is 539. The maximum absolute atomic E-state index is 12.0. The Morgan fingerprint density at radius 3 is 2.58 bits per heavy atom. The first-order valence-electron chi connectivity index (χ1n) is 6.47. The van der Waals surface area contributed by atoms with Gasteiger partial charge in [0.05, 0.1) is 5.25 Å². The van der Waals surface area contributed by atoms with Crippen molar-refractivity contribution in [1.82, 2.24) is 4.90 Å². The molecule has 5 heteroatoms. The number of carbonyl (C=O) groups excluding carboxylic acids is 1. The average molecular weight is 281 g/mol. The third-order valence-electron chi connectivity index (χ3n) is 3.57. The molecule has 0 bridgehead atoms. The van der Waals surface area contributed by atoms with Crippen LogP contribution in [0.15, 0.2) is 30.3 Å². The summed E-state index contributed by atoms with van der Waals surface area (Å²) in [5, 5.41) is -0.381. The van der Waals surface area contributed by atoms with Crippen LogP contribution in [0.25, 0.3) is 0 Å². The molecule has 104 valence electrons. The van der Waals surface area contributed by atoms with Crippen molar-refractivity contribution in [2.24, 2.45) is 0 Å². The van der Waals surface area contributed by atoms with Crippen molar-refractivity contribution in [2.75, 3.05) is 19.3 Å². The highest BCUT2D eigenvalue weighted by atomic mass is 32.2. The highest BCUT2D eigenvalue weighted by molar-refractivity contribution is 7.91. The predicted octanol–water partition coefficient (Wildman–Crippen LogP) is 1.26. The molecule has 1 saturated heterocycles. The van der Waals surface area contributed by atoms with Crippen LogP contribution in [-0.2, 0) is 21.1 Å². The van der Waals surface area contributed by atoms with Crippen molar-refractivity contribution in [3.8, 4) is 0 Å². The van der Waals surface area contributed by atoms with Gasteiger partial charge in [0, 0.05) is 25.8 Å². The largest absolute Gasteiger partial charge is 0.341 e. The number of rotatable bonds is 4. The highest BCUT2D eigenvalue weighted by Gasteiger charge is 2.32. The van der Waals surface area contributed by atoms with Gasteiger partial charge in [-0.15, -0.1) is 0 Å². The van der Waals surface area contributed by atoms with Gasteiger partial charge in [0.15, 0.2) is 9.84 Å². The lowest BCUT2D eigenvalue weighted by molar-refractivity contribution is -0.130. The van der Waals surface area contributed by atoms with Crippen LogP contribution in [0.1, 0.15) is 18.4 Å². The number of nitrogens with zero attached hydrogens (tertiary/aromatic N) is 1. The number of aryl methyl sites for hydroxylation is 1. The lowest BCUT2D eigenvalue weighted by Crippen LogP contribution is -2.31. The van der Waals surface area contributed by atoms with Gasteiger partial charge in [0.2, 0.25) is 5.91 Å². The van der Waals surface area contributed by atoms with Gasteiger partial charge in [-0.1, -0.05) is 30.3 Å². The molecule has 0 aromatic heterocycles. The molecule has 1 aromatic carbocycles. The Hall–Kier alpha value is -1.36. The molecule has 1 atom stereocenters. The quantitative estimate of drug-likeness (QED) is 0.835. The third-order valence-corrected chi connectivity index (χ3v) is 5.17. The topological polar surface area (TPSA) is 54.5 Å². The van der Waals surface area contributed by atoms with Gasteiger partial charge in [-0.25, -0.2) is 8.42 Å². The van der Waals surface area contributed by atoms with Crippen LogP contribution in [0.4, 0.5) is 0 Å².